The lowest BCUT2D eigenvalue weighted by atomic mass is 10.0. The predicted octanol–water partition coefficient (Wildman–Crippen LogP) is 1.90. The van der Waals surface area contributed by atoms with Gasteiger partial charge < -0.3 is 15.2 Å². The van der Waals surface area contributed by atoms with Gasteiger partial charge in [0.15, 0.2) is 6.61 Å². The Bertz CT molecular complexity index is 416. The zero-order chi connectivity index (χ0) is 14.3. The van der Waals surface area contributed by atoms with Gasteiger partial charge in [0.05, 0.1) is 5.60 Å². The lowest BCUT2D eigenvalue weighted by molar-refractivity contribution is -0.124. The van der Waals surface area contributed by atoms with E-state index in [1.165, 1.54) is 5.56 Å². The first kappa shape index (κ1) is 15.5. The second-order valence-corrected chi connectivity index (χ2v) is 4.92. The van der Waals surface area contributed by atoms with Gasteiger partial charge in [0.25, 0.3) is 5.91 Å². The molecular formula is C15H23NO3. The number of ether oxygens (including phenoxy) is 1. The van der Waals surface area contributed by atoms with Gasteiger partial charge in [0, 0.05) is 6.54 Å². The maximum absolute atomic E-state index is 11.6. The maximum atomic E-state index is 11.6. The molecule has 1 unspecified atom stereocenters. The molecule has 0 spiro atoms. The van der Waals surface area contributed by atoms with Crippen LogP contribution in [-0.4, -0.2) is 29.8 Å². The molecule has 0 heterocycles. The number of nitrogens with one attached hydrogen (secondary N) is 1. The van der Waals surface area contributed by atoms with Crippen LogP contribution in [0.2, 0.25) is 0 Å². The Kier molecular flexibility index (Phi) is 5.83. The van der Waals surface area contributed by atoms with Gasteiger partial charge in [-0.15, -0.1) is 0 Å². The Hall–Kier alpha value is -1.55. The minimum atomic E-state index is -0.863. The van der Waals surface area contributed by atoms with Crippen LogP contribution in [0, 0.1) is 0 Å². The van der Waals surface area contributed by atoms with E-state index in [9.17, 15) is 9.90 Å². The highest BCUT2D eigenvalue weighted by Crippen LogP contribution is 2.13. The van der Waals surface area contributed by atoms with Crippen LogP contribution in [0.4, 0.5) is 0 Å². The number of carbonyl (C=O) groups is 1. The number of aliphatic hydroxyl groups is 1. The predicted molar refractivity (Wildman–Crippen MR) is 75.2 cm³/mol. The Labute approximate surface area is 114 Å². The van der Waals surface area contributed by atoms with E-state index in [0.717, 1.165) is 6.42 Å². The number of amides is 1. The molecule has 0 saturated carbocycles. The van der Waals surface area contributed by atoms with Crippen molar-refractivity contribution in [2.75, 3.05) is 13.2 Å². The van der Waals surface area contributed by atoms with E-state index < -0.39 is 5.60 Å². The zero-order valence-electron chi connectivity index (χ0n) is 11.9. The average molecular weight is 265 g/mol. The first-order valence-electron chi connectivity index (χ1n) is 6.67. The Morgan fingerprint density at radius 2 is 2.16 bits per heavy atom. The minimum Gasteiger partial charge on any atom is -0.484 e. The molecule has 1 aromatic rings. The summed E-state index contributed by atoms with van der Waals surface area (Å²) in [6.07, 6.45) is 1.52. The highest BCUT2D eigenvalue weighted by atomic mass is 16.5. The lowest BCUT2D eigenvalue weighted by Gasteiger charge is -2.21. The highest BCUT2D eigenvalue weighted by Gasteiger charge is 2.18. The summed E-state index contributed by atoms with van der Waals surface area (Å²) in [5.41, 5.74) is 0.310. The minimum absolute atomic E-state index is 0.0348. The number of aryl methyl sites for hydroxylation is 1. The van der Waals surface area contributed by atoms with Crippen molar-refractivity contribution in [1.29, 1.82) is 0 Å². The second-order valence-electron chi connectivity index (χ2n) is 4.92. The Balaban J connectivity index is 2.37. The molecule has 2 N–H and O–H groups in total. The van der Waals surface area contributed by atoms with E-state index in [4.69, 9.17) is 4.74 Å². The molecule has 4 nitrogen and oxygen atoms in total. The second kappa shape index (κ2) is 7.14. The monoisotopic (exact) mass is 265 g/mol. The third kappa shape index (κ3) is 5.75. The van der Waals surface area contributed by atoms with Crippen molar-refractivity contribution in [1.82, 2.24) is 5.32 Å². The molecule has 0 bridgehead atoms. The van der Waals surface area contributed by atoms with E-state index in [1.807, 2.05) is 31.2 Å². The summed E-state index contributed by atoms with van der Waals surface area (Å²) < 4.78 is 5.42. The Morgan fingerprint density at radius 1 is 1.42 bits per heavy atom. The molecule has 1 atom stereocenters. The molecule has 19 heavy (non-hydrogen) atoms. The summed E-state index contributed by atoms with van der Waals surface area (Å²) in [4.78, 5) is 11.6. The molecule has 4 heteroatoms. The molecule has 106 valence electrons. The molecule has 1 rings (SSSR count). The summed E-state index contributed by atoms with van der Waals surface area (Å²) in [7, 11) is 0. The Morgan fingerprint density at radius 3 is 2.79 bits per heavy atom. The fourth-order valence-electron chi connectivity index (χ4n) is 1.47. The van der Waals surface area contributed by atoms with Crippen LogP contribution in [0.5, 0.6) is 5.75 Å². The lowest BCUT2D eigenvalue weighted by Crippen LogP contribution is -2.41. The quantitative estimate of drug-likeness (QED) is 0.791. The van der Waals surface area contributed by atoms with Crippen molar-refractivity contribution < 1.29 is 14.6 Å². The first-order chi connectivity index (χ1) is 8.96. The van der Waals surface area contributed by atoms with Crippen LogP contribution in [0.3, 0.4) is 0 Å². The fourth-order valence-corrected chi connectivity index (χ4v) is 1.47. The van der Waals surface area contributed by atoms with Crippen LogP contribution in [-0.2, 0) is 11.2 Å². The molecule has 1 aromatic carbocycles. The average Bonchev–Trinajstić information content (AvgIpc) is 2.43. The topological polar surface area (TPSA) is 58.6 Å². The van der Waals surface area contributed by atoms with Crippen molar-refractivity contribution in [3.05, 3.63) is 29.8 Å². The van der Waals surface area contributed by atoms with Gasteiger partial charge in [0.1, 0.15) is 5.75 Å². The van der Waals surface area contributed by atoms with Crippen molar-refractivity contribution in [3.8, 4) is 5.75 Å². The number of benzene rings is 1. The maximum Gasteiger partial charge on any atom is 0.258 e. The SMILES string of the molecule is CCc1cccc(OCC(=O)NCC(C)(O)CC)c1. The molecule has 0 aliphatic heterocycles. The standard InChI is InChI=1S/C15H23NO3/c1-4-12-7-6-8-13(9-12)19-10-14(17)16-11-15(3,18)5-2/h6-9,18H,4-5,10-11H2,1-3H3,(H,16,17). The number of carbonyl (C=O) groups excluding carboxylic acids is 1. The first-order valence-corrected chi connectivity index (χ1v) is 6.67. The van der Waals surface area contributed by atoms with Gasteiger partial charge >= 0.3 is 0 Å². The largest absolute Gasteiger partial charge is 0.484 e. The van der Waals surface area contributed by atoms with Crippen LogP contribution >= 0.6 is 0 Å². The zero-order valence-corrected chi connectivity index (χ0v) is 11.9. The molecule has 0 fully saturated rings. The molecule has 0 aromatic heterocycles. The number of hydrogen-bond acceptors (Lipinski definition) is 3. The smallest absolute Gasteiger partial charge is 0.258 e. The fraction of sp³-hybridized carbons (Fsp3) is 0.533. The molecule has 0 aliphatic carbocycles. The van der Waals surface area contributed by atoms with Crippen molar-refractivity contribution in [3.63, 3.8) is 0 Å². The summed E-state index contributed by atoms with van der Waals surface area (Å²) in [6.45, 7) is 5.84. The van der Waals surface area contributed by atoms with Gasteiger partial charge in [-0.3, -0.25) is 4.79 Å². The summed E-state index contributed by atoms with van der Waals surface area (Å²) in [5.74, 6) is 0.465. The summed E-state index contributed by atoms with van der Waals surface area (Å²) >= 11 is 0. The molecule has 1 amide bonds. The number of rotatable bonds is 7. The number of hydrogen-bond donors (Lipinski definition) is 2. The molecular weight excluding hydrogens is 242 g/mol. The van der Waals surface area contributed by atoms with Crippen LogP contribution in [0.15, 0.2) is 24.3 Å². The van der Waals surface area contributed by atoms with Crippen LogP contribution in [0.1, 0.15) is 32.8 Å². The summed E-state index contributed by atoms with van der Waals surface area (Å²) in [5, 5.41) is 12.4. The van der Waals surface area contributed by atoms with Gasteiger partial charge in [-0.25, -0.2) is 0 Å². The summed E-state index contributed by atoms with van der Waals surface area (Å²) in [6, 6.07) is 7.68. The van der Waals surface area contributed by atoms with E-state index in [2.05, 4.69) is 12.2 Å². The highest BCUT2D eigenvalue weighted by molar-refractivity contribution is 5.77. The third-order valence-electron chi connectivity index (χ3n) is 3.10. The van der Waals surface area contributed by atoms with Crippen molar-refractivity contribution in [2.45, 2.75) is 39.2 Å². The normalized spacial score (nSPS) is 13.7. The molecule has 0 radical (unpaired) electrons. The van der Waals surface area contributed by atoms with Gasteiger partial charge in [-0.2, -0.15) is 0 Å². The van der Waals surface area contributed by atoms with E-state index in [0.29, 0.717) is 12.2 Å². The van der Waals surface area contributed by atoms with E-state index >= 15 is 0 Å². The van der Waals surface area contributed by atoms with E-state index in [1.54, 1.807) is 6.92 Å². The molecule has 0 aliphatic rings. The van der Waals surface area contributed by atoms with Crippen LogP contribution in [0.25, 0.3) is 0 Å². The molecule has 0 saturated heterocycles. The van der Waals surface area contributed by atoms with Gasteiger partial charge in [0.2, 0.25) is 0 Å². The van der Waals surface area contributed by atoms with Crippen LogP contribution < -0.4 is 10.1 Å². The van der Waals surface area contributed by atoms with Crippen molar-refractivity contribution in [2.24, 2.45) is 0 Å². The van der Waals surface area contributed by atoms with Gasteiger partial charge in [-0.1, -0.05) is 26.0 Å². The van der Waals surface area contributed by atoms with Gasteiger partial charge in [-0.05, 0) is 37.5 Å². The third-order valence-corrected chi connectivity index (χ3v) is 3.10. The van der Waals surface area contributed by atoms with Crippen molar-refractivity contribution >= 4 is 5.91 Å². The van der Waals surface area contributed by atoms with E-state index in [-0.39, 0.29) is 19.1 Å².